The first-order valence-corrected chi connectivity index (χ1v) is 8.13. The van der Waals surface area contributed by atoms with Gasteiger partial charge in [0.25, 0.3) is 0 Å². The first-order chi connectivity index (χ1) is 10.0. The molecule has 0 amide bonds. The third-order valence-corrected chi connectivity index (χ3v) is 5.42. The Kier molecular flexibility index (Phi) is 3.56. The number of benzene rings is 1. The largest absolute Gasteiger partial charge is 0.423 e. The number of hydrogen-bond acceptors (Lipinski definition) is 5. The minimum atomic E-state index is -3.65. The molecule has 0 radical (unpaired) electrons. The molecule has 21 heavy (non-hydrogen) atoms. The van der Waals surface area contributed by atoms with Crippen molar-refractivity contribution in [2.24, 2.45) is 0 Å². The molecule has 6 nitrogen and oxygen atoms in total. The van der Waals surface area contributed by atoms with Crippen molar-refractivity contribution in [2.75, 3.05) is 13.2 Å². The highest BCUT2D eigenvalue weighted by Crippen LogP contribution is 2.32. The zero-order valence-corrected chi connectivity index (χ0v) is 12.0. The lowest BCUT2D eigenvalue weighted by Gasteiger charge is -2.20. The Hall–Kier alpha value is -1.70. The van der Waals surface area contributed by atoms with E-state index in [2.05, 4.69) is 0 Å². The molecule has 1 heterocycles. The molecule has 0 saturated heterocycles. The number of rotatable bonds is 5. The molecule has 0 bridgehead atoms. The normalized spacial score (nSPS) is 15.7. The van der Waals surface area contributed by atoms with Crippen molar-refractivity contribution in [3.05, 3.63) is 40.8 Å². The van der Waals surface area contributed by atoms with Gasteiger partial charge in [-0.2, -0.15) is 4.31 Å². The molecule has 1 aromatic heterocycles. The summed E-state index contributed by atoms with van der Waals surface area (Å²) < 4.78 is 31.6. The number of sulfonamides is 1. The van der Waals surface area contributed by atoms with Crippen molar-refractivity contribution in [3.63, 3.8) is 0 Å². The van der Waals surface area contributed by atoms with Gasteiger partial charge in [0.15, 0.2) is 0 Å². The van der Waals surface area contributed by atoms with Crippen LogP contribution in [0.4, 0.5) is 0 Å². The Morgan fingerprint density at radius 2 is 2.00 bits per heavy atom. The molecule has 1 aliphatic rings. The third kappa shape index (κ3) is 2.72. The smallest absolute Gasteiger partial charge is 0.336 e. The molecule has 3 rings (SSSR count). The fourth-order valence-corrected chi connectivity index (χ4v) is 4.02. The number of fused-ring (bicyclic) bond motifs is 1. The Morgan fingerprint density at radius 1 is 1.24 bits per heavy atom. The molecule has 1 aliphatic carbocycles. The first-order valence-electron chi connectivity index (χ1n) is 6.69. The Bertz CT molecular complexity index is 823. The number of nitrogens with zero attached hydrogens (tertiary/aromatic N) is 1. The fraction of sp³-hybridized carbons (Fsp3) is 0.357. The second-order valence-corrected chi connectivity index (χ2v) is 6.92. The van der Waals surface area contributed by atoms with Gasteiger partial charge in [-0.3, -0.25) is 0 Å². The minimum Gasteiger partial charge on any atom is -0.423 e. The van der Waals surface area contributed by atoms with Crippen LogP contribution in [0.5, 0.6) is 0 Å². The summed E-state index contributed by atoms with van der Waals surface area (Å²) in [5, 5.41) is 9.62. The highest BCUT2D eigenvalue weighted by atomic mass is 32.2. The fourth-order valence-electron chi connectivity index (χ4n) is 2.31. The molecular weight excluding hydrogens is 294 g/mol. The number of aliphatic hydroxyl groups is 1. The van der Waals surface area contributed by atoms with Crippen LogP contribution in [0.2, 0.25) is 0 Å². The van der Waals surface area contributed by atoms with Crippen molar-refractivity contribution >= 4 is 21.0 Å². The summed E-state index contributed by atoms with van der Waals surface area (Å²) in [6.07, 6.45) is 1.64. The second kappa shape index (κ2) is 5.25. The van der Waals surface area contributed by atoms with E-state index < -0.39 is 15.6 Å². The highest BCUT2D eigenvalue weighted by Gasteiger charge is 2.37. The molecule has 1 N–H and O–H groups in total. The first kappa shape index (κ1) is 14.2. The van der Waals surface area contributed by atoms with E-state index in [1.807, 2.05) is 0 Å². The average Bonchev–Trinajstić information content (AvgIpc) is 3.28. The summed E-state index contributed by atoms with van der Waals surface area (Å²) in [4.78, 5) is 11.3. The Morgan fingerprint density at radius 3 is 2.67 bits per heavy atom. The number of aliphatic hydroxyl groups excluding tert-OH is 1. The van der Waals surface area contributed by atoms with Gasteiger partial charge in [0.1, 0.15) is 5.58 Å². The van der Waals surface area contributed by atoms with Crippen molar-refractivity contribution in [3.8, 4) is 0 Å². The molecule has 7 heteroatoms. The van der Waals surface area contributed by atoms with E-state index in [0.717, 1.165) is 12.8 Å². The molecule has 1 aromatic carbocycles. The van der Waals surface area contributed by atoms with Crippen LogP contribution >= 0.6 is 0 Å². The molecule has 1 saturated carbocycles. The lowest BCUT2D eigenvalue weighted by molar-refractivity contribution is 0.250. The lowest BCUT2D eigenvalue weighted by Crippen LogP contribution is -2.35. The van der Waals surface area contributed by atoms with Crippen LogP contribution in [0.3, 0.4) is 0 Å². The van der Waals surface area contributed by atoms with E-state index in [0.29, 0.717) is 11.0 Å². The van der Waals surface area contributed by atoms with E-state index in [9.17, 15) is 13.2 Å². The Balaban J connectivity index is 2.05. The van der Waals surface area contributed by atoms with Gasteiger partial charge in [-0.1, -0.05) is 0 Å². The third-order valence-electron chi connectivity index (χ3n) is 3.47. The lowest BCUT2D eigenvalue weighted by atomic mass is 10.2. The van der Waals surface area contributed by atoms with Crippen LogP contribution in [0.15, 0.2) is 44.4 Å². The van der Waals surface area contributed by atoms with Gasteiger partial charge in [-0.25, -0.2) is 13.2 Å². The summed E-state index contributed by atoms with van der Waals surface area (Å²) in [5.74, 6) is 0. The quantitative estimate of drug-likeness (QED) is 0.830. The minimum absolute atomic E-state index is 0.0217. The highest BCUT2D eigenvalue weighted by molar-refractivity contribution is 7.89. The molecular formula is C14H15NO5S. The van der Waals surface area contributed by atoms with Gasteiger partial charge in [-0.15, -0.1) is 0 Å². The van der Waals surface area contributed by atoms with Crippen LogP contribution in [0, 0.1) is 0 Å². The van der Waals surface area contributed by atoms with E-state index in [-0.39, 0.29) is 24.1 Å². The van der Waals surface area contributed by atoms with Crippen molar-refractivity contribution in [1.29, 1.82) is 0 Å². The van der Waals surface area contributed by atoms with E-state index in [1.54, 1.807) is 0 Å². The maximum absolute atomic E-state index is 12.6. The molecule has 1 fully saturated rings. The average molecular weight is 309 g/mol. The van der Waals surface area contributed by atoms with Crippen LogP contribution in [0.1, 0.15) is 12.8 Å². The summed E-state index contributed by atoms with van der Waals surface area (Å²) in [7, 11) is -3.65. The van der Waals surface area contributed by atoms with Gasteiger partial charge in [-0.05, 0) is 37.1 Å². The predicted octanol–water partition coefficient (Wildman–Crippen LogP) is 0.938. The standard InChI is InChI=1S/C14H15NO5S/c16-8-7-15(11-2-3-11)21(18,19)12-4-5-13-10(9-12)1-6-14(17)20-13/h1,4-6,9,11,16H,2-3,7-8H2. The monoisotopic (exact) mass is 309 g/mol. The molecule has 0 unspecified atom stereocenters. The maximum atomic E-state index is 12.6. The van der Waals surface area contributed by atoms with Crippen molar-refractivity contribution < 1.29 is 17.9 Å². The van der Waals surface area contributed by atoms with Gasteiger partial charge in [0.05, 0.1) is 11.5 Å². The van der Waals surface area contributed by atoms with Gasteiger partial charge >= 0.3 is 5.63 Å². The van der Waals surface area contributed by atoms with Crippen LogP contribution in [-0.4, -0.2) is 37.0 Å². The van der Waals surface area contributed by atoms with Gasteiger partial charge < -0.3 is 9.52 Å². The Labute approximate surface area is 121 Å². The van der Waals surface area contributed by atoms with Crippen molar-refractivity contribution in [2.45, 2.75) is 23.8 Å². The molecule has 0 atom stereocenters. The van der Waals surface area contributed by atoms with Crippen molar-refractivity contribution in [1.82, 2.24) is 4.31 Å². The van der Waals surface area contributed by atoms with Crippen LogP contribution in [-0.2, 0) is 10.0 Å². The maximum Gasteiger partial charge on any atom is 0.336 e. The van der Waals surface area contributed by atoms with Crippen LogP contribution < -0.4 is 5.63 Å². The predicted molar refractivity (Wildman–Crippen MR) is 76.5 cm³/mol. The van der Waals surface area contributed by atoms with Gasteiger partial charge in [0.2, 0.25) is 10.0 Å². The zero-order chi connectivity index (χ0) is 15.0. The summed E-state index contributed by atoms with van der Waals surface area (Å²) in [6.45, 7) is -0.118. The summed E-state index contributed by atoms with van der Waals surface area (Å²) in [6, 6.07) is 7.16. The topological polar surface area (TPSA) is 87.8 Å². The summed E-state index contributed by atoms with van der Waals surface area (Å²) >= 11 is 0. The SMILES string of the molecule is O=c1ccc2cc(S(=O)(=O)N(CCO)C3CC3)ccc2o1. The summed E-state index contributed by atoms with van der Waals surface area (Å²) in [5.41, 5.74) is -0.125. The van der Waals surface area contributed by atoms with Gasteiger partial charge in [0, 0.05) is 24.0 Å². The van der Waals surface area contributed by atoms with E-state index >= 15 is 0 Å². The molecule has 112 valence electrons. The molecule has 0 aliphatic heterocycles. The molecule has 0 spiro atoms. The van der Waals surface area contributed by atoms with E-state index in [4.69, 9.17) is 9.52 Å². The zero-order valence-electron chi connectivity index (χ0n) is 11.2. The van der Waals surface area contributed by atoms with Crippen LogP contribution in [0.25, 0.3) is 11.0 Å². The second-order valence-electron chi connectivity index (χ2n) is 5.02. The van der Waals surface area contributed by atoms with E-state index in [1.165, 1.54) is 34.6 Å². The number of hydrogen-bond donors (Lipinski definition) is 1. The molecule has 2 aromatic rings.